The number of carboxylic acids is 3. The van der Waals surface area contributed by atoms with Gasteiger partial charge in [0.1, 0.15) is 30.5 Å². The lowest BCUT2D eigenvalue weighted by atomic mass is 10.0. The second-order valence-electron chi connectivity index (χ2n) is 5.18. The summed E-state index contributed by atoms with van der Waals surface area (Å²) < 4.78 is 0. The van der Waals surface area contributed by atoms with E-state index in [9.17, 15) is 14.4 Å². The van der Waals surface area contributed by atoms with Gasteiger partial charge in [0.15, 0.2) is 6.29 Å². The summed E-state index contributed by atoms with van der Waals surface area (Å²) in [5, 5.41) is 90.8. The maximum Gasteiger partial charge on any atom is 0.303 e. The van der Waals surface area contributed by atoms with Gasteiger partial charge < -0.3 is 61.0 Å². The van der Waals surface area contributed by atoms with Gasteiger partial charge in [-0.1, -0.05) is 0 Å². The van der Waals surface area contributed by atoms with E-state index in [1.807, 2.05) is 0 Å². The van der Waals surface area contributed by atoms with Crippen molar-refractivity contribution in [2.75, 3.05) is 19.8 Å². The van der Waals surface area contributed by atoms with E-state index in [1.54, 1.807) is 0 Å². The van der Waals surface area contributed by atoms with Crippen molar-refractivity contribution in [2.45, 2.75) is 50.3 Å². The molecule has 15 nitrogen and oxygen atoms in total. The van der Waals surface area contributed by atoms with Gasteiger partial charge in [0.2, 0.25) is 0 Å². The SMILES string of the molecule is CC(=O)O.O=C(O)CCC(=O)O.O=C[C@H](O)[C@@H](O)[C@H](O)[C@H](O)CO.OCC(O)CO. The number of carbonyl (C=O) groups is 4. The topological polar surface area (TPSA) is 291 Å². The first-order chi connectivity index (χ1) is 13.7. The molecule has 0 aromatic rings. The maximum absolute atomic E-state index is 9.90. The summed E-state index contributed by atoms with van der Waals surface area (Å²) in [6.45, 7) is -0.406. The number of carboxylic acid groups (broad SMARTS) is 3. The molecule has 0 amide bonds. The number of hydrogen-bond donors (Lipinski definition) is 11. The summed E-state index contributed by atoms with van der Waals surface area (Å²) in [6, 6.07) is 0. The van der Waals surface area contributed by atoms with Crippen LogP contribution in [0.5, 0.6) is 0 Å². The minimum absolute atomic E-state index is 0.0258. The zero-order valence-corrected chi connectivity index (χ0v) is 16.1. The Morgan fingerprint density at radius 3 is 1.23 bits per heavy atom. The molecule has 0 aromatic heterocycles. The predicted molar refractivity (Wildman–Crippen MR) is 95.2 cm³/mol. The molecule has 11 N–H and O–H groups in total. The van der Waals surface area contributed by atoms with Gasteiger partial charge in [-0.3, -0.25) is 14.4 Å². The lowest BCUT2D eigenvalue weighted by Gasteiger charge is -2.22. The van der Waals surface area contributed by atoms with E-state index in [2.05, 4.69) is 0 Å². The van der Waals surface area contributed by atoms with Crippen LogP contribution < -0.4 is 0 Å². The van der Waals surface area contributed by atoms with Crippen LogP contribution in [-0.4, -0.2) is 131 Å². The second kappa shape index (κ2) is 23.0. The van der Waals surface area contributed by atoms with Crippen LogP contribution in [0.1, 0.15) is 19.8 Å². The Kier molecular flexibility index (Phi) is 27.0. The summed E-state index contributed by atoms with van der Waals surface area (Å²) in [6.07, 6.45) is -8.39. The highest BCUT2D eigenvalue weighted by atomic mass is 16.4. The van der Waals surface area contributed by atoms with Crippen LogP contribution in [0.15, 0.2) is 0 Å². The lowest BCUT2D eigenvalue weighted by Crippen LogP contribution is -2.46. The van der Waals surface area contributed by atoms with Gasteiger partial charge in [-0.05, 0) is 0 Å². The molecule has 0 unspecified atom stereocenters. The summed E-state index contributed by atoms with van der Waals surface area (Å²) in [7, 11) is 0. The Hall–Kier alpha value is -2.24. The molecule has 0 aromatic carbocycles. The molecule has 0 fully saturated rings. The first kappa shape index (κ1) is 35.2. The van der Waals surface area contributed by atoms with E-state index < -0.39 is 55.0 Å². The van der Waals surface area contributed by atoms with Gasteiger partial charge in [-0.2, -0.15) is 0 Å². The van der Waals surface area contributed by atoms with Crippen LogP contribution in [0.3, 0.4) is 0 Å². The van der Waals surface area contributed by atoms with Gasteiger partial charge in [-0.15, -0.1) is 0 Å². The monoisotopic (exact) mass is 450 g/mol. The quantitative estimate of drug-likeness (QED) is 0.139. The first-order valence-corrected chi connectivity index (χ1v) is 8.02. The van der Waals surface area contributed by atoms with E-state index >= 15 is 0 Å². The average Bonchev–Trinajstić information content (AvgIpc) is 2.69. The van der Waals surface area contributed by atoms with Gasteiger partial charge >= 0.3 is 11.9 Å². The summed E-state index contributed by atoms with van der Waals surface area (Å²) in [5.41, 5.74) is 0. The number of carbonyl (C=O) groups excluding carboxylic acids is 1. The Balaban J connectivity index is -0.000000163. The van der Waals surface area contributed by atoms with Crippen LogP contribution >= 0.6 is 0 Å². The van der Waals surface area contributed by atoms with Crippen molar-refractivity contribution < 1.29 is 75.3 Å². The van der Waals surface area contributed by atoms with E-state index in [-0.39, 0.29) is 32.3 Å². The van der Waals surface area contributed by atoms with Crippen LogP contribution in [0.2, 0.25) is 0 Å². The third-order valence-electron chi connectivity index (χ3n) is 2.39. The third-order valence-corrected chi connectivity index (χ3v) is 2.39. The molecule has 0 saturated carbocycles. The fraction of sp³-hybridized carbons (Fsp3) is 0.733. The number of rotatable bonds is 10. The molecule has 30 heavy (non-hydrogen) atoms. The fourth-order valence-electron chi connectivity index (χ4n) is 0.890. The second-order valence-corrected chi connectivity index (χ2v) is 5.18. The van der Waals surface area contributed by atoms with Crippen LogP contribution in [0, 0.1) is 0 Å². The van der Waals surface area contributed by atoms with E-state index in [0.29, 0.717) is 0 Å². The molecule has 0 aliphatic rings. The fourth-order valence-corrected chi connectivity index (χ4v) is 0.890. The van der Waals surface area contributed by atoms with Crippen molar-refractivity contribution in [3.63, 3.8) is 0 Å². The van der Waals surface area contributed by atoms with Crippen LogP contribution in [0.25, 0.3) is 0 Å². The molecule has 0 rings (SSSR count). The number of aldehydes is 1. The average molecular weight is 450 g/mol. The molecule has 0 bridgehead atoms. The van der Waals surface area contributed by atoms with Gasteiger partial charge in [0, 0.05) is 6.92 Å². The summed E-state index contributed by atoms with van der Waals surface area (Å²) in [4.78, 5) is 38.2. The molecular weight excluding hydrogens is 420 g/mol. The van der Waals surface area contributed by atoms with Gasteiger partial charge in [-0.25, -0.2) is 0 Å². The third kappa shape index (κ3) is 30.5. The number of aliphatic carboxylic acids is 3. The highest BCUT2D eigenvalue weighted by Crippen LogP contribution is 2.02. The minimum atomic E-state index is -1.79. The molecule has 0 saturated heterocycles. The van der Waals surface area contributed by atoms with Gasteiger partial charge in [0.05, 0.1) is 32.7 Å². The largest absolute Gasteiger partial charge is 0.481 e. The zero-order valence-electron chi connectivity index (χ0n) is 16.1. The molecule has 0 radical (unpaired) electrons. The summed E-state index contributed by atoms with van der Waals surface area (Å²) >= 11 is 0. The molecule has 0 spiro atoms. The Bertz CT molecular complexity index is 433. The molecular formula is C15H30O15. The van der Waals surface area contributed by atoms with E-state index in [4.69, 9.17) is 61.0 Å². The van der Waals surface area contributed by atoms with E-state index in [0.717, 1.165) is 6.92 Å². The Morgan fingerprint density at radius 1 is 0.733 bits per heavy atom. The molecule has 0 heterocycles. The maximum atomic E-state index is 9.90. The molecule has 180 valence electrons. The smallest absolute Gasteiger partial charge is 0.303 e. The van der Waals surface area contributed by atoms with Crippen molar-refractivity contribution in [2.24, 2.45) is 0 Å². The predicted octanol–water partition coefficient (Wildman–Crippen LogP) is -5.02. The number of aliphatic hydroxyl groups excluding tert-OH is 8. The minimum Gasteiger partial charge on any atom is -0.481 e. The molecule has 0 aliphatic heterocycles. The number of aliphatic hydroxyl groups is 8. The zero-order chi connectivity index (χ0) is 24.9. The van der Waals surface area contributed by atoms with Crippen LogP contribution in [0.4, 0.5) is 0 Å². The Labute approximate surface area is 170 Å². The van der Waals surface area contributed by atoms with Crippen molar-refractivity contribution in [3.8, 4) is 0 Å². The van der Waals surface area contributed by atoms with Crippen molar-refractivity contribution in [3.05, 3.63) is 0 Å². The number of hydrogen-bond acceptors (Lipinski definition) is 12. The Morgan fingerprint density at radius 2 is 1.07 bits per heavy atom. The highest BCUT2D eigenvalue weighted by Gasteiger charge is 2.29. The standard InChI is InChI=1S/C6H12O6.C4H6O4.C3H8O3.C2H4O2/c7-1-3(9)5(11)6(12)4(10)2-8;5-3(6)1-2-4(7)8;4-1-3(6)2-5;1-2(3)4/h1,3-6,8-12H,2H2;1-2H2,(H,5,6)(H,7,8);3-6H,1-2H2;1H3,(H,3,4)/t3-,4+,5+,6+;;;/m0.../s1. The molecule has 4 atom stereocenters. The van der Waals surface area contributed by atoms with Crippen molar-refractivity contribution in [1.82, 2.24) is 0 Å². The van der Waals surface area contributed by atoms with Crippen LogP contribution in [-0.2, 0) is 19.2 Å². The molecule has 0 aliphatic carbocycles. The van der Waals surface area contributed by atoms with Crippen molar-refractivity contribution >= 4 is 24.2 Å². The highest BCUT2D eigenvalue weighted by molar-refractivity contribution is 5.75. The molecule has 15 heteroatoms. The van der Waals surface area contributed by atoms with Gasteiger partial charge in [0.25, 0.3) is 5.97 Å². The van der Waals surface area contributed by atoms with E-state index in [1.165, 1.54) is 0 Å². The first-order valence-electron chi connectivity index (χ1n) is 8.02. The lowest BCUT2D eigenvalue weighted by molar-refractivity contribution is -0.143. The normalized spacial score (nSPS) is 13.5. The summed E-state index contributed by atoms with van der Waals surface area (Å²) in [5.74, 6) is -2.99. The van der Waals surface area contributed by atoms with Crippen molar-refractivity contribution in [1.29, 1.82) is 0 Å².